The molecule has 0 radical (unpaired) electrons. The van der Waals surface area contributed by atoms with Crippen LogP contribution in [0, 0.1) is 5.92 Å². The van der Waals surface area contributed by atoms with Gasteiger partial charge in [-0.05, 0) is 70.2 Å². The van der Waals surface area contributed by atoms with Crippen LogP contribution in [-0.4, -0.2) is 67.6 Å². The van der Waals surface area contributed by atoms with Crippen LogP contribution in [0.4, 0.5) is 0 Å². The van der Waals surface area contributed by atoms with E-state index in [0.717, 1.165) is 70.6 Å². The van der Waals surface area contributed by atoms with E-state index in [1.54, 1.807) is 7.11 Å². The van der Waals surface area contributed by atoms with Gasteiger partial charge in [0, 0.05) is 44.2 Å². The maximum Gasteiger partial charge on any atom is 0.225 e. The predicted molar refractivity (Wildman–Crippen MR) is 114 cm³/mol. The van der Waals surface area contributed by atoms with Crippen LogP contribution in [0.5, 0.6) is 5.75 Å². The number of rotatable bonds is 7. The summed E-state index contributed by atoms with van der Waals surface area (Å²) in [4.78, 5) is 17.4. The van der Waals surface area contributed by atoms with Gasteiger partial charge in [-0.15, -0.1) is 0 Å². The number of hydrogen-bond acceptors (Lipinski definition) is 4. The molecular weight excluding hydrogens is 350 g/mol. The smallest absolute Gasteiger partial charge is 0.225 e. The summed E-state index contributed by atoms with van der Waals surface area (Å²) < 4.78 is 5.29. The van der Waals surface area contributed by atoms with Gasteiger partial charge in [-0.1, -0.05) is 12.1 Å². The SMILES string of the molecule is COc1cccc(CCNC2CCC(C(=O)N3CCN(C(C)C)CC3)CC2)c1. The molecular formula is C23H37N3O2. The Labute approximate surface area is 170 Å². The third-order valence-electron chi connectivity index (χ3n) is 6.41. The van der Waals surface area contributed by atoms with Crippen LogP contribution in [0.3, 0.4) is 0 Å². The molecule has 1 heterocycles. The normalized spacial score (nSPS) is 23.8. The highest BCUT2D eigenvalue weighted by atomic mass is 16.5. The molecule has 28 heavy (non-hydrogen) atoms. The summed E-state index contributed by atoms with van der Waals surface area (Å²) in [6.45, 7) is 9.29. The van der Waals surface area contributed by atoms with Crippen molar-refractivity contribution in [2.24, 2.45) is 5.92 Å². The van der Waals surface area contributed by atoms with Gasteiger partial charge in [-0.25, -0.2) is 0 Å². The van der Waals surface area contributed by atoms with Crippen molar-refractivity contribution in [1.29, 1.82) is 0 Å². The maximum absolute atomic E-state index is 12.9. The van der Waals surface area contributed by atoms with E-state index < -0.39 is 0 Å². The van der Waals surface area contributed by atoms with Gasteiger partial charge in [0.25, 0.3) is 0 Å². The lowest BCUT2D eigenvalue weighted by molar-refractivity contribution is -0.138. The minimum absolute atomic E-state index is 0.238. The Morgan fingerprint density at radius 1 is 1.14 bits per heavy atom. The van der Waals surface area contributed by atoms with Crippen molar-refractivity contribution >= 4 is 5.91 Å². The molecule has 0 bridgehead atoms. The van der Waals surface area contributed by atoms with Gasteiger partial charge in [0.1, 0.15) is 5.75 Å². The van der Waals surface area contributed by atoms with Gasteiger partial charge in [0.05, 0.1) is 7.11 Å². The molecule has 0 spiro atoms. The van der Waals surface area contributed by atoms with Crippen LogP contribution in [0.15, 0.2) is 24.3 Å². The van der Waals surface area contributed by atoms with Crippen molar-refractivity contribution in [3.05, 3.63) is 29.8 Å². The Hall–Kier alpha value is -1.59. The molecule has 1 aromatic rings. The lowest BCUT2D eigenvalue weighted by atomic mass is 9.85. The largest absolute Gasteiger partial charge is 0.497 e. The topological polar surface area (TPSA) is 44.8 Å². The molecule has 1 aliphatic heterocycles. The average molecular weight is 388 g/mol. The summed E-state index contributed by atoms with van der Waals surface area (Å²) in [6.07, 6.45) is 5.29. The lowest BCUT2D eigenvalue weighted by Crippen LogP contribution is -2.52. The minimum Gasteiger partial charge on any atom is -0.497 e. The fourth-order valence-corrected chi connectivity index (χ4v) is 4.51. The number of nitrogens with one attached hydrogen (secondary N) is 1. The van der Waals surface area contributed by atoms with Gasteiger partial charge < -0.3 is 15.0 Å². The molecule has 1 saturated carbocycles. The number of nitrogens with zero attached hydrogens (tertiary/aromatic N) is 2. The highest BCUT2D eigenvalue weighted by Gasteiger charge is 2.31. The van der Waals surface area contributed by atoms with Crippen LogP contribution >= 0.6 is 0 Å². The molecule has 1 N–H and O–H groups in total. The molecule has 2 fully saturated rings. The number of piperazine rings is 1. The number of methoxy groups -OCH3 is 1. The first-order valence-corrected chi connectivity index (χ1v) is 11.0. The van der Waals surface area contributed by atoms with Crippen molar-refractivity contribution < 1.29 is 9.53 Å². The number of hydrogen-bond donors (Lipinski definition) is 1. The molecule has 5 heteroatoms. The summed E-state index contributed by atoms with van der Waals surface area (Å²) in [7, 11) is 1.71. The van der Waals surface area contributed by atoms with Gasteiger partial charge in [0.2, 0.25) is 5.91 Å². The van der Waals surface area contributed by atoms with Crippen molar-refractivity contribution in [2.75, 3.05) is 39.8 Å². The van der Waals surface area contributed by atoms with Gasteiger partial charge in [0.15, 0.2) is 0 Å². The molecule has 3 rings (SSSR count). The molecule has 0 aromatic heterocycles. The zero-order valence-electron chi connectivity index (χ0n) is 17.8. The standard InChI is InChI=1S/C23H37N3O2/c1-18(2)25-13-15-26(16-14-25)23(27)20-7-9-21(10-8-20)24-12-11-19-5-4-6-22(17-19)28-3/h4-6,17-18,20-21,24H,7-16H2,1-3H3. The number of carbonyl (C=O) groups is 1. The van der Waals surface area contributed by atoms with Gasteiger partial charge in [-0.3, -0.25) is 9.69 Å². The first kappa shape index (κ1) is 21.1. The third-order valence-corrected chi connectivity index (χ3v) is 6.41. The Morgan fingerprint density at radius 3 is 2.50 bits per heavy atom. The first-order chi connectivity index (χ1) is 13.6. The zero-order chi connectivity index (χ0) is 19.9. The second-order valence-electron chi connectivity index (χ2n) is 8.56. The van der Waals surface area contributed by atoms with E-state index in [9.17, 15) is 4.79 Å². The molecule has 5 nitrogen and oxygen atoms in total. The summed E-state index contributed by atoms with van der Waals surface area (Å²) in [6, 6.07) is 9.42. The quantitative estimate of drug-likeness (QED) is 0.781. The fraction of sp³-hybridized carbons (Fsp3) is 0.696. The van der Waals surface area contributed by atoms with E-state index in [-0.39, 0.29) is 5.92 Å². The summed E-state index contributed by atoms with van der Waals surface area (Å²) >= 11 is 0. The molecule has 1 aliphatic carbocycles. The minimum atomic E-state index is 0.238. The first-order valence-electron chi connectivity index (χ1n) is 11.0. The Balaban J connectivity index is 1.35. The molecule has 0 atom stereocenters. The summed E-state index contributed by atoms with van der Waals surface area (Å²) in [5.74, 6) is 1.56. The highest BCUT2D eigenvalue weighted by molar-refractivity contribution is 5.79. The zero-order valence-corrected chi connectivity index (χ0v) is 17.8. The highest BCUT2D eigenvalue weighted by Crippen LogP contribution is 2.26. The van der Waals surface area contributed by atoms with Gasteiger partial charge >= 0.3 is 0 Å². The maximum atomic E-state index is 12.9. The molecule has 156 valence electrons. The number of benzene rings is 1. The fourth-order valence-electron chi connectivity index (χ4n) is 4.51. The molecule has 1 saturated heterocycles. The van der Waals surface area contributed by atoms with Crippen LogP contribution in [0.1, 0.15) is 45.1 Å². The van der Waals surface area contributed by atoms with Crippen LogP contribution in [0.25, 0.3) is 0 Å². The number of carbonyl (C=O) groups excluding carboxylic acids is 1. The van der Waals surface area contributed by atoms with E-state index in [1.807, 2.05) is 12.1 Å². The summed E-state index contributed by atoms with van der Waals surface area (Å²) in [5.41, 5.74) is 1.30. The molecule has 1 amide bonds. The number of ether oxygens (including phenoxy) is 1. The van der Waals surface area contributed by atoms with Crippen molar-refractivity contribution in [1.82, 2.24) is 15.1 Å². The third kappa shape index (κ3) is 5.71. The second-order valence-corrected chi connectivity index (χ2v) is 8.56. The molecule has 1 aromatic carbocycles. The van der Waals surface area contributed by atoms with E-state index in [0.29, 0.717) is 18.0 Å². The Morgan fingerprint density at radius 2 is 1.86 bits per heavy atom. The van der Waals surface area contributed by atoms with Crippen molar-refractivity contribution in [3.63, 3.8) is 0 Å². The van der Waals surface area contributed by atoms with Crippen LogP contribution in [-0.2, 0) is 11.2 Å². The molecule has 2 aliphatic rings. The average Bonchev–Trinajstić information content (AvgIpc) is 2.74. The van der Waals surface area contributed by atoms with Crippen LogP contribution in [0.2, 0.25) is 0 Å². The van der Waals surface area contributed by atoms with E-state index >= 15 is 0 Å². The molecule has 0 unspecified atom stereocenters. The van der Waals surface area contributed by atoms with E-state index in [2.05, 4.69) is 41.1 Å². The van der Waals surface area contributed by atoms with Crippen molar-refractivity contribution in [2.45, 2.75) is 58.0 Å². The summed E-state index contributed by atoms with van der Waals surface area (Å²) in [5, 5.41) is 3.69. The monoisotopic (exact) mass is 387 g/mol. The second kappa shape index (κ2) is 10.3. The van der Waals surface area contributed by atoms with E-state index in [4.69, 9.17) is 4.74 Å². The Bertz CT molecular complexity index is 618. The number of amides is 1. The predicted octanol–water partition coefficient (Wildman–Crippen LogP) is 2.94. The van der Waals surface area contributed by atoms with Crippen LogP contribution < -0.4 is 10.1 Å². The van der Waals surface area contributed by atoms with Crippen molar-refractivity contribution in [3.8, 4) is 5.75 Å². The van der Waals surface area contributed by atoms with Gasteiger partial charge in [-0.2, -0.15) is 0 Å². The Kier molecular flexibility index (Phi) is 7.74. The lowest BCUT2D eigenvalue weighted by Gasteiger charge is -2.39. The van der Waals surface area contributed by atoms with E-state index in [1.165, 1.54) is 5.56 Å².